The monoisotopic (exact) mass is 388 g/mol. The maximum atomic E-state index is 12.6. The zero-order valence-corrected chi connectivity index (χ0v) is 15.0. The van der Waals surface area contributed by atoms with Crippen LogP contribution >= 0.6 is 11.3 Å². The normalized spacial score (nSPS) is 11.9. The number of rotatable bonds is 3. The number of fused-ring (bicyclic) bond motifs is 2. The zero-order chi connectivity index (χ0) is 18.5. The molecule has 0 aliphatic rings. The van der Waals surface area contributed by atoms with Crippen molar-refractivity contribution in [2.75, 3.05) is 4.72 Å². The van der Waals surface area contributed by atoms with E-state index in [9.17, 15) is 18.0 Å². The SMILES string of the molecule is Cc1cc(=O)oc2cc(NS(=O)(=O)c3ccc4[nH]c(=O)sc4c3)ccc12. The van der Waals surface area contributed by atoms with Crippen LogP contribution in [0, 0.1) is 6.92 Å². The van der Waals surface area contributed by atoms with Gasteiger partial charge in [0.05, 0.1) is 20.8 Å². The summed E-state index contributed by atoms with van der Waals surface area (Å²) in [5, 5.41) is 0.728. The van der Waals surface area contributed by atoms with Gasteiger partial charge < -0.3 is 9.40 Å². The molecule has 2 N–H and O–H groups in total. The van der Waals surface area contributed by atoms with Crippen molar-refractivity contribution in [1.29, 1.82) is 0 Å². The van der Waals surface area contributed by atoms with E-state index in [4.69, 9.17) is 4.42 Å². The van der Waals surface area contributed by atoms with Gasteiger partial charge in [-0.15, -0.1) is 0 Å². The number of H-pyrrole nitrogens is 1. The van der Waals surface area contributed by atoms with Crippen molar-refractivity contribution in [2.45, 2.75) is 11.8 Å². The molecule has 2 aromatic heterocycles. The maximum absolute atomic E-state index is 12.6. The molecule has 0 amide bonds. The van der Waals surface area contributed by atoms with Crippen molar-refractivity contribution >= 4 is 48.2 Å². The standard InChI is InChI=1S/C17H12N2O5S2/c1-9-6-16(20)24-14-7-10(2-4-12(9)14)19-26(22,23)11-3-5-13-15(8-11)25-17(21)18-13/h2-8,19H,1H3,(H,18,21). The zero-order valence-electron chi connectivity index (χ0n) is 13.4. The molecule has 0 radical (unpaired) electrons. The van der Waals surface area contributed by atoms with E-state index in [1.807, 2.05) is 0 Å². The quantitative estimate of drug-likeness (QED) is 0.525. The Balaban J connectivity index is 1.75. The lowest BCUT2D eigenvalue weighted by atomic mass is 10.1. The molecular formula is C17H12N2O5S2. The van der Waals surface area contributed by atoms with Gasteiger partial charge in [0.15, 0.2) is 0 Å². The molecule has 4 aromatic rings. The molecule has 0 bridgehead atoms. The van der Waals surface area contributed by atoms with Gasteiger partial charge in [-0.25, -0.2) is 13.2 Å². The number of anilines is 1. The minimum Gasteiger partial charge on any atom is -0.423 e. The summed E-state index contributed by atoms with van der Waals surface area (Å²) in [5.74, 6) is 0. The smallest absolute Gasteiger partial charge is 0.336 e. The Morgan fingerprint density at radius 3 is 2.69 bits per heavy atom. The number of nitrogens with one attached hydrogen (secondary N) is 2. The van der Waals surface area contributed by atoms with Crippen LogP contribution in [0.2, 0.25) is 0 Å². The molecule has 0 aliphatic carbocycles. The van der Waals surface area contributed by atoms with Crippen molar-refractivity contribution in [3.8, 4) is 0 Å². The summed E-state index contributed by atoms with van der Waals surface area (Å²) in [7, 11) is -3.86. The van der Waals surface area contributed by atoms with E-state index in [-0.39, 0.29) is 15.5 Å². The predicted molar refractivity (Wildman–Crippen MR) is 100 cm³/mol. The fourth-order valence-electron chi connectivity index (χ4n) is 2.70. The van der Waals surface area contributed by atoms with E-state index in [1.165, 1.54) is 24.3 Å². The van der Waals surface area contributed by atoms with Crippen molar-refractivity contribution in [2.24, 2.45) is 0 Å². The topological polar surface area (TPSA) is 109 Å². The van der Waals surface area contributed by atoms with Crippen molar-refractivity contribution in [3.63, 3.8) is 0 Å². The lowest BCUT2D eigenvalue weighted by Crippen LogP contribution is -2.12. The number of hydrogen-bond donors (Lipinski definition) is 2. The Morgan fingerprint density at radius 2 is 1.88 bits per heavy atom. The predicted octanol–water partition coefficient (Wildman–Crippen LogP) is 2.81. The van der Waals surface area contributed by atoms with E-state index in [1.54, 1.807) is 25.1 Å². The molecule has 4 rings (SSSR count). The van der Waals surface area contributed by atoms with Gasteiger partial charge in [-0.1, -0.05) is 11.3 Å². The van der Waals surface area contributed by atoms with Gasteiger partial charge in [-0.05, 0) is 42.8 Å². The van der Waals surface area contributed by atoms with Crippen LogP contribution in [0.5, 0.6) is 0 Å². The Kier molecular flexibility index (Phi) is 3.70. The van der Waals surface area contributed by atoms with Crippen LogP contribution in [-0.4, -0.2) is 13.4 Å². The lowest BCUT2D eigenvalue weighted by molar-refractivity contribution is 0.560. The molecule has 26 heavy (non-hydrogen) atoms. The lowest BCUT2D eigenvalue weighted by Gasteiger charge is -2.09. The number of aryl methyl sites for hydroxylation is 1. The largest absolute Gasteiger partial charge is 0.423 e. The fourth-order valence-corrected chi connectivity index (χ4v) is 4.62. The van der Waals surface area contributed by atoms with Crippen LogP contribution in [0.4, 0.5) is 5.69 Å². The first-order chi connectivity index (χ1) is 12.3. The summed E-state index contributed by atoms with van der Waals surface area (Å²) in [6.45, 7) is 1.78. The molecule has 0 saturated heterocycles. The average molecular weight is 388 g/mol. The Hall–Kier alpha value is -2.91. The van der Waals surface area contributed by atoms with Gasteiger partial charge in [0.1, 0.15) is 5.58 Å². The maximum Gasteiger partial charge on any atom is 0.336 e. The Bertz CT molecular complexity index is 1380. The molecular weight excluding hydrogens is 376 g/mol. The number of thiazole rings is 1. The van der Waals surface area contributed by atoms with E-state index < -0.39 is 15.6 Å². The van der Waals surface area contributed by atoms with Crippen LogP contribution in [0.15, 0.2) is 61.4 Å². The van der Waals surface area contributed by atoms with Crippen LogP contribution in [0.1, 0.15) is 5.56 Å². The van der Waals surface area contributed by atoms with E-state index >= 15 is 0 Å². The number of aromatic nitrogens is 1. The van der Waals surface area contributed by atoms with Crippen molar-refractivity contribution in [3.05, 3.63) is 68.1 Å². The second-order valence-corrected chi connectivity index (χ2v) is 8.43. The summed E-state index contributed by atoms with van der Waals surface area (Å²) in [4.78, 5) is 25.3. The van der Waals surface area contributed by atoms with Crippen molar-refractivity contribution in [1.82, 2.24) is 4.98 Å². The highest BCUT2D eigenvalue weighted by Crippen LogP contribution is 2.25. The first kappa shape index (κ1) is 16.6. The van der Waals surface area contributed by atoms with Crippen LogP contribution < -0.4 is 15.2 Å². The second kappa shape index (κ2) is 5.82. The van der Waals surface area contributed by atoms with Crippen molar-refractivity contribution < 1.29 is 12.8 Å². The van der Waals surface area contributed by atoms with Crippen LogP contribution in [0.3, 0.4) is 0 Å². The summed E-state index contributed by atoms with van der Waals surface area (Å²) in [6, 6.07) is 10.5. The summed E-state index contributed by atoms with van der Waals surface area (Å²) < 4.78 is 33.4. The molecule has 9 heteroatoms. The fraction of sp³-hybridized carbons (Fsp3) is 0.0588. The molecule has 7 nitrogen and oxygen atoms in total. The third-order valence-corrected chi connectivity index (χ3v) is 6.13. The second-order valence-electron chi connectivity index (χ2n) is 5.74. The molecule has 2 aromatic carbocycles. The van der Waals surface area contributed by atoms with Gasteiger partial charge in [-0.2, -0.15) is 0 Å². The van der Waals surface area contributed by atoms with Gasteiger partial charge in [0, 0.05) is 17.5 Å². The first-order valence-corrected chi connectivity index (χ1v) is 9.82. The van der Waals surface area contributed by atoms with Gasteiger partial charge in [-0.3, -0.25) is 9.52 Å². The van der Waals surface area contributed by atoms with Crippen LogP contribution in [-0.2, 0) is 10.0 Å². The molecule has 132 valence electrons. The molecule has 0 atom stereocenters. The number of aromatic amines is 1. The third-order valence-electron chi connectivity index (χ3n) is 3.91. The van der Waals surface area contributed by atoms with E-state index in [2.05, 4.69) is 9.71 Å². The summed E-state index contributed by atoms with van der Waals surface area (Å²) >= 11 is 0.941. The third kappa shape index (κ3) is 2.91. The van der Waals surface area contributed by atoms with E-state index in [0.29, 0.717) is 15.8 Å². The summed E-state index contributed by atoms with van der Waals surface area (Å²) in [6.07, 6.45) is 0. The number of hydrogen-bond acceptors (Lipinski definition) is 6. The molecule has 0 aliphatic heterocycles. The highest BCUT2D eigenvalue weighted by molar-refractivity contribution is 7.92. The van der Waals surface area contributed by atoms with Gasteiger partial charge >= 0.3 is 10.5 Å². The van der Waals surface area contributed by atoms with E-state index in [0.717, 1.165) is 22.3 Å². The highest BCUT2D eigenvalue weighted by Gasteiger charge is 2.16. The molecule has 0 fully saturated rings. The Morgan fingerprint density at radius 1 is 1.08 bits per heavy atom. The van der Waals surface area contributed by atoms with Gasteiger partial charge in [0.2, 0.25) is 0 Å². The Labute approximate surface area is 151 Å². The minimum absolute atomic E-state index is 0.0334. The summed E-state index contributed by atoms with van der Waals surface area (Å²) in [5.41, 5.74) is 1.41. The molecule has 0 spiro atoms. The molecule has 0 saturated carbocycles. The highest BCUT2D eigenvalue weighted by atomic mass is 32.2. The van der Waals surface area contributed by atoms with Crippen LogP contribution in [0.25, 0.3) is 21.2 Å². The number of benzene rings is 2. The first-order valence-electron chi connectivity index (χ1n) is 7.52. The minimum atomic E-state index is -3.86. The molecule has 0 unspecified atom stereocenters. The average Bonchev–Trinajstić information content (AvgIpc) is 2.93. The number of sulfonamides is 1. The molecule has 2 heterocycles. The van der Waals surface area contributed by atoms with Gasteiger partial charge in [0.25, 0.3) is 10.0 Å².